The normalized spacial score (nSPS) is 15.1. The fourth-order valence-electron chi connectivity index (χ4n) is 5.01. The van der Waals surface area contributed by atoms with Crippen LogP contribution in [0.2, 0.25) is 0 Å². The van der Waals surface area contributed by atoms with Crippen LogP contribution in [-0.2, 0) is 6.42 Å². The smallest absolute Gasteiger partial charge is 0.347 e. The van der Waals surface area contributed by atoms with E-state index < -0.39 is 12.1 Å². The Balaban J connectivity index is 1.06. The molecule has 2 aromatic heterocycles. The number of carbonyl (C=O) groups is 1. The summed E-state index contributed by atoms with van der Waals surface area (Å²) in [5.74, 6) is -0.0321. The highest BCUT2D eigenvalue weighted by Gasteiger charge is 2.20. The monoisotopic (exact) mass is 563 g/mol. The third kappa shape index (κ3) is 6.20. The number of aliphatic hydroxyl groups is 1. The van der Waals surface area contributed by atoms with Gasteiger partial charge in [-0.3, -0.25) is 4.98 Å². The molecule has 0 saturated carbocycles. The van der Waals surface area contributed by atoms with Crippen LogP contribution in [0.4, 0.5) is 0 Å². The van der Waals surface area contributed by atoms with Crippen LogP contribution in [0.1, 0.15) is 33.3 Å². The number of ether oxygens (including phenoxy) is 1. The number of carboxylic acid groups (broad SMARTS) is 1. The lowest BCUT2D eigenvalue weighted by molar-refractivity contribution is 0.0702. The van der Waals surface area contributed by atoms with E-state index in [1.165, 1.54) is 23.1 Å². The number of aliphatic hydroxyl groups excluding tert-OH is 1. The van der Waals surface area contributed by atoms with Crippen LogP contribution < -0.4 is 10.1 Å². The average molecular weight is 564 g/mol. The summed E-state index contributed by atoms with van der Waals surface area (Å²) in [6, 6.07) is 26.6. The molecule has 1 aliphatic rings. The van der Waals surface area contributed by atoms with Gasteiger partial charge in [0.15, 0.2) is 0 Å². The second-order valence-electron chi connectivity index (χ2n) is 10.1. The van der Waals surface area contributed by atoms with Gasteiger partial charge in [0.2, 0.25) is 0 Å². The van der Waals surface area contributed by atoms with Crippen LogP contribution in [0, 0.1) is 0 Å². The number of rotatable bonds is 9. The minimum absolute atomic E-state index is 0.0648. The van der Waals surface area contributed by atoms with Crippen molar-refractivity contribution in [2.45, 2.75) is 25.0 Å². The first kappa shape index (κ1) is 26.8. The Hall–Kier alpha value is -4.37. The van der Waals surface area contributed by atoms with Gasteiger partial charge in [-0.1, -0.05) is 60.7 Å². The number of aryl methyl sites for hydroxylation is 1. The number of fused-ring (bicyclic) bond motifs is 1. The first-order chi connectivity index (χ1) is 20.0. The van der Waals surface area contributed by atoms with Gasteiger partial charge in [0.05, 0.1) is 12.3 Å². The topological polar surface area (TPSA) is 105 Å². The van der Waals surface area contributed by atoms with E-state index >= 15 is 0 Å². The second kappa shape index (κ2) is 12.0. The number of nitrogens with zero attached hydrogens (tertiary/aromatic N) is 2. The molecule has 5 aromatic rings. The third-order valence-corrected chi connectivity index (χ3v) is 8.30. The first-order valence-corrected chi connectivity index (χ1v) is 14.3. The van der Waals surface area contributed by atoms with Gasteiger partial charge in [0.25, 0.3) is 0 Å². The molecule has 0 spiro atoms. The number of hydrogen-bond acceptors (Lipinski definition) is 7. The summed E-state index contributed by atoms with van der Waals surface area (Å²) in [5.41, 5.74) is 7.41. The van der Waals surface area contributed by atoms with Crippen LogP contribution in [0.3, 0.4) is 0 Å². The van der Waals surface area contributed by atoms with E-state index in [1.807, 2.05) is 36.4 Å². The average Bonchev–Trinajstić information content (AvgIpc) is 3.52. The number of thiazole rings is 1. The van der Waals surface area contributed by atoms with Gasteiger partial charge in [-0.05, 0) is 58.9 Å². The highest BCUT2D eigenvalue weighted by Crippen LogP contribution is 2.33. The number of benzene rings is 3. The summed E-state index contributed by atoms with van der Waals surface area (Å²) in [7, 11) is 0. The number of aromatic nitrogens is 2. The molecule has 0 radical (unpaired) electrons. The van der Waals surface area contributed by atoms with Crippen LogP contribution in [0.5, 0.6) is 5.75 Å². The minimum atomic E-state index is -0.955. The van der Waals surface area contributed by atoms with Gasteiger partial charge in [0.1, 0.15) is 21.7 Å². The Bertz CT molecular complexity index is 1640. The zero-order valence-electron chi connectivity index (χ0n) is 22.2. The van der Waals surface area contributed by atoms with E-state index in [2.05, 4.69) is 57.7 Å². The maximum atomic E-state index is 11.1. The number of carboxylic acids is 1. The van der Waals surface area contributed by atoms with Crippen LogP contribution in [-0.4, -0.2) is 45.3 Å². The molecule has 8 heteroatoms. The van der Waals surface area contributed by atoms with Gasteiger partial charge in [-0.25, -0.2) is 9.78 Å². The molecular formula is C33H29N3O4S. The molecule has 41 heavy (non-hydrogen) atoms. The Morgan fingerprint density at radius 3 is 2.29 bits per heavy atom. The SMILES string of the molecule is O=C(O)c1cnc(-c2ccc(-c3ccc(-c4ccc5c(c4)CC[C@H](CNC[C@@H](O)c4cccnc4)O5)cc3)cc2)s1. The maximum Gasteiger partial charge on any atom is 0.347 e. The fraction of sp³-hybridized carbons (Fsp3) is 0.182. The third-order valence-electron chi connectivity index (χ3n) is 7.27. The summed E-state index contributed by atoms with van der Waals surface area (Å²) in [5, 5.41) is 23.5. The molecule has 6 rings (SSSR count). The van der Waals surface area contributed by atoms with Crippen molar-refractivity contribution in [3.05, 3.63) is 113 Å². The van der Waals surface area contributed by atoms with Crippen molar-refractivity contribution in [3.8, 4) is 38.6 Å². The van der Waals surface area contributed by atoms with Crippen molar-refractivity contribution >= 4 is 17.3 Å². The molecule has 0 saturated heterocycles. The molecule has 3 heterocycles. The molecule has 7 nitrogen and oxygen atoms in total. The van der Waals surface area contributed by atoms with E-state index in [0.29, 0.717) is 18.1 Å². The Morgan fingerprint density at radius 2 is 1.63 bits per heavy atom. The van der Waals surface area contributed by atoms with Crippen LogP contribution >= 0.6 is 11.3 Å². The van der Waals surface area contributed by atoms with Crippen molar-refractivity contribution in [2.75, 3.05) is 13.1 Å². The Labute approximate surface area is 242 Å². The van der Waals surface area contributed by atoms with Crippen molar-refractivity contribution in [1.29, 1.82) is 0 Å². The fourth-order valence-corrected chi connectivity index (χ4v) is 5.77. The minimum Gasteiger partial charge on any atom is -0.489 e. The zero-order chi connectivity index (χ0) is 28.2. The predicted molar refractivity (Wildman–Crippen MR) is 160 cm³/mol. The van der Waals surface area contributed by atoms with Gasteiger partial charge in [0, 0.05) is 36.6 Å². The summed E-state index contributed by atoms with van der Waals surface area (Å²) < 4.78 is 6.25. The first-order valence-electron chi connectivity index (χ1n) is 13.5. The molecule has 2 atom stereocenters. The lowest BCUT2D eigenvalue weighted by Gasteiger charge is -2.27. The van der Waals surface area contributed by atoms with Gasteiger partial charge >= 0.3 is 5.97 Å². The molecule has 0 amide bonds. The van der Waals surface area contributed by atoms with Crippen LogP contribution in [0.15, 0.2) is 97.5 Å². The predicted octanol–water partition coefficient (Wildman–Crippen LogP) is 6.25. The molecule has 3 aromatic carbocycles. The summed E-state index contributed by atoms with van der Waals surface area (Å²) in [4.78, 5) is 19.7. The largest absolute Gasteiger partial charge is 0.489 e. The molecule has 206 valence electrons. The van der Waals surface area contributed by atoms with Crippen molar-refractivity contribution < 1.29 is 19.7 Å². The zero-order valence-corrected chi connectivity index (χ0v) is 23.1. The molecule has 1 aliphatic heterocycles. The lowest BCUT2D eigenvalue weighted by atomic mass is 9.95. The van der Waals surface area contributed by atoms with E-state index in [1.54, 1.807) is 12.4 Å². The lowest BCUT2D eigenvalue weighted by Crippen LogP contribution is -2.36. The quantitative estimate of drug-likeness (QED) is 0.195. The van der Waals surface area contributed by atoms with E-state index in [-0.39, 0.29) is 11.0 Å². The maximum absolute atomic E-state index is 11.1. The molecule has 0 bridgehead atoms. The highest BCUT2D eigenvalue weighted by molar-refractivity contribution is 7.16. The molecule has 3 N–H and O–H groups in total. The highest BCUT2D eigenvalue weighted by atomic mass is 32.1. The van der Waals surface area contributed by atoms with Crippen molar-refractivity contribution in [2.24, 2.45) is 0 Å². The van der Waals surface area contributed by atoms with Gasteiger partial charge < -0.3 is 20.3 Å². The second-order valence-corrected chi connectivity index (χ2v) is 11.1. The molecule has 0 aliphatic carbocycles. The molecule has 0 unspecified atom stereocenters. The number of aromatic carboxylic acids is 1. The summed E-state index contributed by atoms with van der Waals surface area (Å²) in [6.07, 6.45) is 6.12. The standard InChI is InChI=1S/C33H29N3O4S/c37-29(27-2-1-15-34-17-27)19-35-18-28-13-11-26-16-25(12-14-30(26)40-28)23-5-3-21(4-6-23)22-7-9-24(10-8-22)32-36-20-31(41-32)33(38)39/h1-10,12,14-17,20,28-29,35,37H,11,13,18-19H2,(H,38,39)/t28-,29-/m1/s1. The Morgan fingerprint density at radius 1 is 0.951 bits per heavy atom. The Kier molecular flexibility index (Phi) is 7.86. The van der Waals surface area contributed by atoms with E-state index in [9.17, 15) is 9.90 Å². The van der Waals surface area contributed by atoms with E-state index in [4.69, 9.17) is 9.84 Å². The number of nitrogens with one attached hydrogen (secondary N) is 1. The number of hydrogen-bond donors (Lipinski definition) is 3. The molecular weight excluding hydrogens is 534 g/mol. The van der Waals surface area contributed by atoms with Crippen molar-refractivity contribution in [1.82, 2.24) is 15.3 Å². The van der Waals surface area contributed by atoms with Gasteiger partial charge in [-0.15, -0.1) is 11.3 Å². The van der Waals surface area contributed by atoms with Gasteiger partial charge in [-0.2, -0.15) is 0 Å². The van der Waals surface area contributed by atoms with Crippen LogP contribution in [0.25, 0.3) is 32.8 Å². The van der Waals surface area contributed by atoms with E-state index in [0.717, 1.165) is 52.0 Å². The number of pyridine rings is 1. The summed E-state index contributed by atoms with van der Waals surface area (Å²) >= 11 is 1.17. The molecule has 0 fully saturated rings. The van der Waals surface area contributed by atoms with Crippen molar-refractivity contribution in [3.63, 3.8) is 0 Å². The summed E-state index contributed by atoms with van der Waals surface area (Å²) in [6.45, 7) is 1.13.